The topological polar surface area (TPSA) is 73.5 Å². The summed E-state index contributed by atoms with van der Waals surface area (Å²) < 4.78 is 8.92. The molecular formula is C18H17N5O2S. The van der Waals surface area contributed by atoms with Gasteiger partial charge in [0.25, 0.3) is 5.91 Å². The number of carbonyl (C=O) groups excluding carboxylic acids is 1. The van der Waals surface area contributed by atoms with Crippen LogP contribution in [-0.4, -0.2) is 32.2 Å². The standard InChI is InChI=1S/C18H17N5O2S/c1-12(14-11-22-7-8-26-18(22)21-14)20-17(24)13-9-19-23(10-13)15-5-3-4-6-16(15)25-2/h3-12H,1-2H3,(H,20,24)/t12-/m0/s1. The molecule has 4 rings (SSSR count). The van der Waals surface area contributed by atoms with Gasteiger partial charge in [-0.3, -0.25) is 9.20 Å². The fourth-order valence-corrected chi connectivity index (χ4v) is 3.41. The highest BCUT2D eigenvalue weighted by Crippen LogP contribution is 2.22. The smallest absolute Gasteiger partial charge is 0.255 e. The largest absolute Gasteiger partial charge is 0.494 e. The highest BCUT2D eigenvalue weighted by atomic mass is 32.1. The molecule has 1 amide bonds. The Balaban J connectivity index is 1.52. The molecule has 3 heterocycles. The second-order valence-electron chi connectivity index (χ2n) is 5.80. The number of hydrogen-bond acceptors (Lipinski definition) is 5. The van der Waals surface area contributed by atoms with E-state index in [0.29, 0.717) is 11.3 Å². The number of para-hydroxylation sites is 2. The first-order valence-corrected chi connectivity index (χ1v) is 8.94. The van der Waals surface area contributed by atoms with Crippen molar-refractivity contribution in [2.24, 2.45) is 0 Å². The lowest BCUT2D eigenvalue weighted by molar-refractivity contribution is 0.0939. The van der Waals surface area contributed by atoms with Gasteiger partial charge in [0.05, 0.1) is 30.6 Å². The van der Waals surface area contributed by atoms with Crippen LogP contribution in [0.2, 0.25) is 0 Å². The first kappa shape index (κ1) is 16.3. The molecule has 0 radical (unpaired) electrons. The minimum absolute atomic E-state index is 0.199. The van der Waals surface area contributed by atoms with Crippen LogP contribution in [0, 0.1) is 0 Å². The molecule has 0 aliphatic heterocycles. The lowest BCUT2D eigenvalue weighted by atomic mass is 10.2. The van der Waals surface area contributed by atoms with Crippen molar-refractivity contribution in [2.45, 2.75) is 13.0 Å². The fraction of sp³-hybridized carbons (Fsp3) is 0.167. The number of thiazole rings is 1. The number of rotatable bonds is 5. The van der Waals surface area contributed by atoms with Crippen LogP contribution in [0.1, 0.15) is 29.0 Å². The lowest BCUT2D eigenvalue weighted by Crippen LogP contribution is -2.26. The second-order valence-corrected chi connectivity index (χ2v) is 6.67. The average Bonchev–Trinajstić information content (AvgIpc) is 3.37. The van der Waals surface area contributed by atoms with Gasteiger partial charge in [0.1, 0.15) is 11.4 Å². The second kappa shape index (κ2) is 6.64. The third-order valence-corrected chi connectivity index (χ3v) is 4.85. The van der Waals surface area contributed by atoms with Crippen LogP contribution in [0.15, 0.2) is 54.4 Å². The van der Waals surface area contributed by atoms with Gasteiger partial charge in [-0.05, 0) is 19.1 Å². The van der Waals surface area contributed by atoms with E-state index in [1.165, 1.54) is 0 Å². The minimum Gasteiger partial charge on any atom is -0.494 e. The van der Waals surface area contributed by atoms with Crippen LogP contribution < -0.4 is 10.1 Å². The van der Waals surface area contributed by atoms with Crippen molar-refractivity contribution < 1.29 is 9.53 Å². The van der Waals surface area contributed by atoms with E-state index in [9.17, 15) is 4.79 Å². The molecule has 7 nitrogen and oxygen atoms in total. The zero-order chi connectivity index (χ0) is 18.1. The van der Waals surface area contributed by atoms with Crippen molar-refractivity contribution in [3.63, 3.8) is 0 Å². The van der Waals surface area contributed by atoms with E-state index in [1.54, 1.807) is 35.5 Å². The molecule has 1 aromatic carbocycles. The molecule has 4 aromatic rings. The number of amides is 1. The van der Waals surface area contributed by atoms with Gasteiger partial charge in [-0.2, -0.15) is 5.10 Å². The van der Waals surface area contributed by atoms with Crippen LogP contribution >= 0.6 is 11.3 Å². The summed E-state index contributed by atoms with van der Waals surface area (Å²) >= 11 is 1.56. The normalized spacial score (nSPS) is 12.2. The molecule has 0 bridgehead atoms. The van der Waals surface area contributed by atoms with Gasteiger partial charge in [0.15, 0.2) is 4.96 Å². The van der Waals surface area contributed by atoms with Gasteiger partial charge in [0.2, 0.25) is 0 Å². The Morgan fingerprint density at radius 2 is 2.15 bits per heavy atom. The number of aromatic nitrogens is 4. The Morgan fingerprint density at radius 3 is 2.96 bits per heavy atom. The van der Waals surface area contributed by atoms with E-state index in [4.69, 9.17) is 4.74 Å². The molecule has 26 heavy (non-hydrogen) atoms. The summed E-state index contributed by atoms with van der Waals surface area (Å²) in [7, 11) is 1.60. The van der Waals surface area contributed by atoms with Gasteiger partial charge in [-0.15, -0.1) is 11.3 Å². The van der Waals surface area contributed by atoms with Crippen molar-refractivity contribution in [2.75, 3.05) is 7.11 Å². The molecule has 0 unspecified atom stereocenters. The minimum atomic E-state index is -0.204. The molecule has 0 spiro atoms. The summed E-state index contributed by atoms with van der Waals surface area (Å²) in [4.78, 5) is 18.0. The van der Waals surface area contributed by atoms with E-state index in [2.05, 4.69) is 15.4 Å². The highest BCUT2D eigenvalue weighted by molar-refractivity contribution is 7.15. The van der Waals surface area contributed by atoms with Crippen molar-refractivity contribution >= 4 is 22.2 Å². The number of benzene rings is 1. The average molecular weight is 367 g/mol. The first-order chi connectivity index (χ1) is 12.7. The molecule has 1 N–H and O–H groups in total. The van der Waals surface area contributed by atoms with Crippen LogP contribution in [0.4, 0.5) is 0 Å². The molecule has 0 saturated heterocycles. The maximum atomic E-state index is 12.6. The summed E-state index contributed by atoms with van der Waals surface area (Å²) in [5, 5.41) is 9.22. The molecule has 8 heteroatoms. The van der Waals surface area contributed by atoms with Gasteiger partial charge in [-0.1, -0.05) is 12.1 Å². The van der Waals surface area contributed by atoms with E-state index in [-0.39, 0.29) is 11.9 Å². The number of imidazole rings is 1. The summed E-state index contributed by atoms with van der Waals surface area (Å²) in [6, 6.07) is 7.31. The van der Waals surface area contributed by atoms with Crippen molar-refractivity contribution in [1.82, 2.24) is 24.5 Å². The number of hydrogen-bond donors (Lipinski definition) is 1. The Bertz CT molecular complexity index is 1040. The van der Waals surface area contributed by atoms with Gasteiger partial charge >= 0.3 is 0 Å². The van der Waals surface area contributed by atoms with Gasteiger partial charge < -0.3 is 10.1 Å². The van der Waals surface area contributed by atoms with Gasteiger partial charge in [-0.25, -0.2) is 9.67 Å². The predicted octanol–water partition coefficient (Wildman–Crippen LogP) is 3.08. The SMILES string of the molecule is COc1ccccc1-n1cc(C(=O)N[C@@H](C)c2cn3ccsc3n2)cn1. The van der Waals surface area contributed by atoms with Crippen LogP contribution in [-0.2, 0) is 0 Å². The molecule has 1 atom stereocenters. The van der Waals surface area contributed by atoms with Crippen molar-refractivity contribution in [1.29, 1.82) is 0 Å². The Morgan fingerprint density at radius 1 is 1.31 bits per heavy atom. The summed E-state index contributed by atoms with van der Waals surface area (Å²) in [6.07, 6.45) is 7.10. The van der Waals surface area contributed by atoms with Crippen molar-refractivity contribution in [3.8, 4) is 11.4 Å². The van der Waals surface area contributed by atoms with E-state index < -0.39 is 0 Å². The fourth-order valence-electron chi connectivity index (χ4n) is 2.70. The molecule has 0 aliphatic rings. The maximum absolute atomic E-state index is 12.6. The predicted molar refractivity (Wildman–Crippen MR) is 99.1 cm³/mol. The lowest BCUT2D eigenvalue weighted by Gasteiger charge is -2.10. The first-order valence-electron chi connectivity index (χ1n) is 8.06. The number of fused-ring (bicyclic) bond motifs is 1. The van der Waals surface area contributed by atoms with Crippen LogP contribution in [0.5, 0.6) is 5.75 Å². The van der Waals surface area contributed by atoms with Crippen molar-refractivity contribution in [3.05, 3.63) is 65.7 Å². The zero-order valence-electron chi connectivity index (χ0n) is 14.3. The third-order valence-electron chi connectivity index (χ3n) is 4.08. The maximum Gasteiger partial charge on any atom is 0.255 e. The molecule has 0 aliphatic carbocycles. The monoisotopic (exact) mass is 367 g/mol. The van der Waals surface area contributed by atoms with E-state index >= 15 is 0 Å². The number of ether oxygens (including phenoxy) is 1. The molecule has 0 fully saturated rings. The Hall–Kier alpha value is -3.13. The van der Waals surface area contributed by atoms with Crippen LogP contribution in [0.3, 0.4) is 0 Å². The van der Waals surface area contributed by atoms with E-state index in [0.717, 1.165) is 16.3 Å². The molecular weight excluding hydrogens is 350 g/mol. The summed E-state index contributed by atoms with van der Waals surface area (Å²) in [5.41, 5.74) is 2.07. The third kappa shape index (κ3) is 2.95. The highest BCUT2D eigenvalue weighted by Gasteiger charge is 2.17. The number of nitrogens with one attached hydrogen (secondary N) is 1. The molecule has 3 aromatic heterocycles. The van der Waals surface area contributed by atoms with Crippen LogP contribution in [0.25, 0.3) is 10.6 Å². The van der Waals surface area contributed by atoms with E-state index in [1.807, 2.05) is 53.4 Å². The Labute approximate surface area is 153 Å². The summed E-state index contributed by atoms with van der Waals surface area (Å²) in [6.45, 7) is 1.91. The Kier molecular flexibility index (Phi) is 4.18. The quantitative estimate of drug-likeness (QED) is 0.588. The number of methoxy groups -OCH3 is 1. The molecule has 132 valence electrons. The zero-order valence-corrected chi connectivity index (χ0v) is 15.1. The number of nitrogens with zero attached hydrogens (tertiary/aromatic N) is 4. The van der Waals surface area contributed by atoms with Gasteiger partial charge in [0, 0.05) is 24.0 Å². The summed E-state index contributed by atoms with van der Waals surface area (Å²) in [5.74, 6) is 0.490. The molecule has 0 saturated carbocycles. The number of carbonyl (C=O) groups is 1.